The summed E-state index contributed by atoms with van der Waals surface area (Å²) in [4.78, 5) is 46.3. The van der Waals surface area contributed by atoms with E-state index in [0.29, 0.717) is 35.1 Å². The Labute approximate surface area is 183 Å². The van der Waals surface area contributed by atoms with Gasteiger partial charge in [0.2, 0.25) is 0 Å². The molecule has 0 aliphatic carbocycles. The molecule has 0 bridgehead atoms. The molecule has 3 N–H and O–H groups in total. The van der Waals surface area contributed by atoms with E-state index >= 15 is 0 Å². The molecule has 8 nitrogen and oxygen atoms in total. The maximum absolute atomic E-state index is 13.2. The van der Waals surface area contributed by atoms with E-state index in [-0.39, 0.29) is 24.9 Å². The van der Waals surface area contributed by atoms with Crippen molar-refractivity contribution in [1.82, 2.24) is 20.1 Å². The van der Waals surface area contributed by atoms with E-state index in [0.717, 1.165) is 5.56 Å². The minimum absolute atomic E-state index is 0.252. The first-order valence-corrected chi connectivity index (χ1v) is 10.5. The van der Waals surface area contributed by atoms with E-state index in [1.807, 2.05) is 19.1 Å². The van der Waals surface area contributed by atoms with Crippen LogP contribution in [-0.2, 0) is 4.79 Å². The number of amides is 3. The number of carbonyl (C=O) groups excluding carboxylic acids is 3. The predicted octanol–water partition coefficient (Wildman–Crippen LogP) is 1.54. The summed E-state index contributed by atoms with van der Waals surface area (Å²) in [6.45, 7) is 3.17. The molecule has 3 amide bonds. The molecule has 1 saturated heterocycles. The SMILES string of the molecule is Cc1ccc(C(=O)N2CCCN(C(=O)c3cncc(Br)c3)C2C(=O)NCCN)cc1. The van der Waals surface area contributed by atoms with Gasteiger partial charge in [0.25, 0.3) is 17.7 Å². The van der Waals surface area contributed by atoms with Crippen LogP contribution < -0.4 is 11.1 Å². The lowest BCUT2D eigenvalue weighted by Crippen LogP contribution is -2.63. The fourth-order valence-corrected chi connectivity index (χ4v) is 3.74. The number of carbonyl (C=O) groups is 3. The highest BCUT2D eigenvalue weighted by Gasteiger charge is 2.40. The van der Waals surface area contributed by atoms with Crippen LogP contribution in [0, 0.1) is 6.92 Å². The van der Waals surface area contributed by atoms with Crippen molar-refractivity contribution in [2.24, 2.45) is 5.73 Å². The smallest absolute Gasteiger partial charge is 0.263 e. The van der Waals surface area contributed by atoms with Gasteiger partial charge in [-0.15, -0.1) is 0 Å². The van der Waals surface area contributed by atoms with E-state index in [4.69, 9.17) is 5.73 Å². The number of nitrogens with two attached hydrogens (primary N) is 1. The normalized spacial score (nSPS) is 16.3. The Bertz CT molecular complexity index is 934. The molecule has 158 valence electrons. The van der Waals surface area contributed by atoms with E-state index in [9.17, 15) is 14.4 Å². The van der Waals surface area contributed by atoms with Crippen molar-refractivity contribution in [2.45, 2.75) is 19.5 Å². The molecule has 9 heteroatoms. The van der Waals surface area contributed by atoms with E-state index in [1.165, 1.54) is 16.0 Å². The molecule has 30 heavy (non-hydrogen) atoms. The summed E-state index contributed by atoms with van der Waals surface area (Å²) in [6, 6.07) is 8.79. The first-order chi connectivity index (χ1) is 14.4. The zero-order valence-electron chi connectivity index (χ0n) is 16.7. The summed E-state index contributed by atoms with van der Waals surface area (Å²) in [5.74, 6) is -1.09. The average molecular weight is 474 g/mol. The summed E-state index contributed by atoms with van der Waals surface area (Å²) in [6.07, 6.45) is 2.52. The topological polar surface area (TPSA) is 109 Å². The largest absolute Gasteiger partial charge is 0.351 e. The van der Waals surface area contributed by atoms with Crippen LogP contribution in [0.3, 0.4) is 0 Å². The molecule has 1 aliphatic heterocycles. The molecule has 1 atom stereocenters. The fourth-order valence-electron chi connectivity index (χ4n) is 3.38. The van der Waals surface area contributed by atoms with Crippen molar-refractivity contribution in [2.75, 3.05) is 26.2 Å². The monoisotopic (exact) mass is 473 g/mol. The predicted molar refractivity (Wildman–Crippen MR) is 116 cm³/mol. The number of halogens is 1. The quantitative estimate of drug-likeness (QED) is 0.684. The van der Waals surface area contributed by atoms with Gasteiger partial charge in [0.15, 0.2) is 6.17 Å². The summed E-state index contributed by atoms with van der Waals surface area (Å²) in [7, 11) is 0. The average Bonchev–Trinajstić information content (AvgIpc) is 2.76. The number of hydrogen-bond donors (Lipinski definition) is 2. The van der Waals surface area contributed by atoms with Gasteiger partial charge in [-0.25, -0.2) is 0 Å². The molecular formula is C21H24BrN5O3. The molecular weight excluding hydrogens is 450 g/mol. The third-order valence-corrected chi connectivity index (χ3v) is 5.27. The lowest BCUT2D eigenvalue weighted by Gasteiger charge is -2.42. The van der Waals surface area contributed by atoms with Crippen molar-refractivity contribution >= 4 is 33.7 Å². The van der Waals surface area contributed by atoms with Gasteiger partial charge in [-0.2, -0.15) is 0 Å². The first-order valence-electron chi connectivity index (χ1n) is 9.69. The van der Waals surface area contributed by atoms with Gasteiger partial charge < -0.3 is 20.9 Å². The molecule has 2 heterocycles. The zero-order valence-corrected chi connectivity index (χ0v) is 18.3. The Kier molecular flexibility index (Phi) is 7.17. The van der Waals surface area contributed by atoms with Gasteiger partial charge in [-0.3, -0.25) is 19.4 Å². The lowest BCUT2D eigenvalue weighted by molar-refractivity contribution is -0.132. The molecule has 0 spiro atoms. The third kappa shape index (κ3) is 4.85. The Morgan fingerprint density at radius 3 is 2.33 bits per heavy atom. The molecule has 1 unspecified atom stereocenters. The Balaban J connectivity index is 1.94. The second-order valence-corrected chi connectivity index (χ2v) is 7.98. The minimum Gasteiger partial charge on any atom is -0.351 e. The first kappa shape index (κ1) is 21.9. The van der Waals surface area contributed by atoms with Gasteiger partial charge in [0.05, 0.1) is 5.56 Å². The number of nitrogens with one attached hydrogen (secondary N) is 1. The van der Waals surface area contributed by atoms with Crippen molar-refractivity contribution in [3.63, 3.8) is 0 Å². The van der Waals surface area contributed by atoms with Crippen LogP contribution in [0.15, 0.2) is 47.2 Å². The van der Waals surface area contributed by atoms with Gasteiger partial charge in [-0.1, -0.05) is 17.7 Å². The molecule has 1 fully saturated rings. The highest BCUT2D eigenvalue weighted by Crippen LogP contribution is 2.22. The van der Waals surface area contributed by atoms with E-state index in [2.05, 4.69) is 26.2 Å². The molecule has 2 aromatic rings. The highest BCUT2D eigenvalue weighted by molar-refractivity contribution is 9.10. The van der Waals surface area contributed by atoms with Crippen molar-refractivity contribution in [1.29, 1.82) is 0 Å². The maximum Gasteiger partial charge on any atom is 0.263 e. The summed E-state index contributed by atoms with van der Waals surface area (Å²) in [5.41, 5.74) is 7.35. The standard InChI is InChI=1S/C21H24BrN5O3/c1-14-3-5-15(6-4-14)20(29)26-9-2-10-27(19(26)18(28)25-8-7-23)21(30)16-11-17(22)13-24-12-16/h3-6,11-13,19H,2,7-10,23H2,1H3,(H,25,28). The Morgan fingerprint density at radius 2 is 1.73 bits per heavy atom. The molecule has 1 aromatic heterocycles. The second-order valence-electron chi connectivity index (χ2n) is 7.06. The molecule has 0 radical (unpaired) electrons. The van der Waals surface area contributed by atoms with Crippen molar-refractivity contribution < 1.29 is 14.4 Å². The third-order valence-electron chi connectivity index (χ3n) is 4.84. The van der Waals surface area contributed by atoms with Crippen LogP contribution in [0.2, 0.25) is 0 Å². The van der Waals surface area contributed by atoms with Gasteiger partial charge >= 0.3 is 0 Å². The number of pyridine rings is 1. The summed E-state index contributed by atoms with van der Waals surface area (Å²) >= 11 is 3.31. The molecule has 1 aliphatic rings. The van der Waals surface area contributed by atoms with Gasteiger partial charge in [0, 0.05) is 48.6 Å². The number of benzene rings is 1. The molecule has 3 rings (SSSR count). The van der Waals surface area contributed by atoms with Crippen molar-refractivity contribution in [3.05, 3.63) is 63.9 Å². The molecule has 0 saturated carbocycles. The number of hydrogen-bond acceptors (Lipinski definition) is 5. The second kappa shape index (κ2) is 9.82. The maximum atomic E-state index is 13.2. The van der Waals surface area contributed by atoms with Crippen LogP contribution >= 0.6 is 15.9 Å². The van der Waals surface area contributed by atoms with Crippen LogP contribution in [0.1, 0.15) is 32.7 Å². The van der Waals surface area contributed by atoms with Gasteiger partial charge in [-0.05, 0) is 47.5 Å². The zero-order chi connectivity index (χ0) is 21.7. The van der Waals surface area contributed by atoms with Crippen LogP contribution in [0.4, 0.5) is 0 Å². The highest BCUT2D eigenvalue weighted by atomic mass is 79.9. The Hall–Kier alpha value is -2.78. The molecule has 1 aromatic carbocycles. The lowest BCUT2D eigenvalue weighted by atomic mass is 10.1. The van der Waals surface area contributed by atoms with Crippen LogP contribution in [0.25, 0.3) is 0 Å². The van der Waals surface area contributed by atoms with Crippen LogP contribution in [-0.4, -0.2) is 64.9 Å². The van der Waals surface area contributed by atoms with E-state index < -0.39 is 12.1 Å². The summed E-state index contributed by atoms with van der Waals surface area (Å²) < 4.78 is 0.655. The fraction of sp³-hybridized carbons (Fsp3) is 0.333. The Morgan fingerprint density at radius 1 is 1.10 bits per heavy atom. The van der Waals surface area contributed by atoms with E-state index in [1.54, 1.807) is 24.4 Å². The summed E-state index contributed by atoms with van der Waals surface area (Å²) in [5, 5.41) is 2.72. The number of aryl methyl sites for hydroxylation is 1. The number of aromatic nitrogens is 1. The van der Waals surface area contributed by atoms with Crippen molar-refractivity contribution in [3.8, 4) is 0 Å². The van der Waals surface area contributed by atoms with Gasteiger partial charge in [0.1, 0.15) is 0 Å². The minimum atomic E-state index is -1.06. The van der Waals surface area contributed by atoms with Crippen LogP contribution in [0.5, 0.6) is 0 Å². The number of nitrogens with zero attached hydrogens (tertiary/aromatic N) is 3. The number of rotatable bonds is 5.